The second-order valence-electron chi connectivity index (χ2n) is 6.41. The highest BCUT2D eigenvalue weighted by atomic mass is 35.5. The van der Waals surface area contributed by atoms with Crippen molar-refractivity contribution in [3.05, 3.63) is 67.8 Å². The number of carbonyl (C=O) groups is 2. The molecule has 0 aliphatic heterocycles. The molecule has 0 fully saturated rings. The normalized spacial score (nSPS) is 11.9. The number of anilines is 1. The lowest BCUT2D eigenvalue weighted by Crippen LogP contribution is -2.30. The molecule has 11 heteroatoms. The molecule has 1 N–H and O–H groups in total. The number of nitro groups is 1. The minimum absolute atomic E-state index is 0.00720. The second-order valence-corrected chi connectivity index (χ2v) is 7.87. The van der Waals surface area contributed by atoms with Gasteiger partial charge >= 0.3 is 5.97 Å². The zero-order valence-corrected chi connectivity index (χ0v) is 17.9. The van der Waals surface area contributed by atoms with Gasteiger partial charge in [-0.1, -0.05) is 17.7 Å². The molecule has 0 saturated carbocycles. The van der Waals surface area contributed by atoms with Crippen molar-refractivity contribution in [3.63, 3.8) is 0 Å². The van der Waals surface area contributed by atoms with Crippen LogP contribution in [0.2, 0.25) is 5.02 Å². The predicted molar refractivity (Wildman–Crippen MR) is 114 cm³/mol. The van der Waals surface area contributed by atoms with Crippen LogP contribution in [0.15, 0.2) is 36.4 Å². The second kappa shape index (κ2) is 9.38. The number of methoxy groups -OCH3 is 1. The number of fused-ring (bicyclic) bond motifs is 1. The van der Waals surface area contributed by atoms with Crippen molar-refractivity contribution in [3.8, 4) is 0 Å². The van der Waals surface area contributed by atoms with Gasteiger partial charge in [0.1, 0.15) is 10.7 Å². The predicted octanol–water partition coefficient (Wildman–Crippen LogP) is 4.93. The first-order valence-electron chi connectivity index (χ1n) is 8.87. The smallest absolute Gasteiger partial charge is 0.349 e. The molecular weight excluding hydrogens is 451 g/mol. The van der Waals surface area contributed by atoms with E-state index in [1.165, 1.54) is 38.3 Å². The maximum absolute atomic E-state index is 14.3. The largest absolute Gasteiger partial charge is 0.448 e. The number of hydrogen-bond acceptors (Lipinski definition) is 7. The molecule has 1 heterocycles. The third-order valence-corrected chi connectivity index (χ3v) is 5.82. The van der Waals surface area contributed by atoms with E-state index in [0.29, 0.717) is 10.3 Å². The van der Waals surface area contributed by atoms with Crippen molar-refractivity contribution in [2.45, 2.75) is 19.6 Å². The number of hydrogen-bond donors (Lipinski definition) is 1. The van der Waals surface area contributed by atoms with Crippen LogP contribution in [0.3, 0.4) is 0 Å². The lowest BCUT2D eigenvalue weighted by molar-refractivity contribution is -0.384. The van der Waals surface area contributed by atoms with Crippen molar-refractivity contribution in [2.24, 2.45) is 0 Å². The average Bonchev–Trinajstić information content (AvgIpc) is 3.09. The van der Waals surface area contributed by atoms with Crippen LogP contribution in [0.5, 0.6) is 0 Å². The lowest BCUT2D eigenvalue weighted by Gasteiger charge is -2.14. The molecule has 0 saturated heterocycles. The van der Waals surface area contributed by atoms with Crippen LogP contribution < -0.4 is 5.32 Å². The number of nitro benzene ring substituents is 1. The number of ether oxygens (including phenoxy) is 2. The van der Waals surface area contributed by atoms with Gasteiger partial charge in [0.15, 0.2) is 6.10 Å². The minimum Gasteiger partial charge on any atom is -0.448 e. The standard InChI is InChI=1S/C20H16ClFN2O6S/c1-10(19(25)23-15-8-11(24(27)28)6-7-13(15)21)30-20(26)18-12(9-29-2)17-14(22)4-3-5-16(17)31-18/h3-8,10H,9H2,1-2H3,(H,23,25). The zero-order valence-electron chi connectivity index (χ0n) is 16.3. The van der Waals surface area contributed by atoms with Crippen molar-refractivity contribution >= 4 is 56.3 Å². The molecule has 1 unspecified atom stereocenters. The monoisotopic (exact) mass is 466 g/mol. The van der Waals surface area contributed by atoms with Crippen molar-refractivity contribution in [2.75, 3.05) is 12.4 Å². The molecule has 0 bridgehead atoms. The summed E-state index contributed by atoms with van der Waals surface area (Å²) in [6.45, 7) is 1.32. The van der Waals surface area contributed by atoms with Crippen LogP contribution in [0.1, 0.15) is 22.2 Å². The van der Waals surface area contributed by atoms with Crippen LogP contribution in [0, 0.1) is 15.9 Å². The number of rotatable bonds is 7. The van der Waals surface area contributed by atoms with Gasteiger partial charge in [-0.2, -0.15) is 0 Å². The van der Waals surface area contributed by atoms with E-state index in [9.17, 15) is 24.1 Å². The first-order chi connectivity index (χ1) is 14.7. The molecular formula is C20H16ClFN2O6S. The summed E-state index contributed by atoms with van der Waals surface area (Å²) in [6.07, 6.45) is -1.26. The van der Waals surface area contributed by atoms with E-state index in [0.717, 1.165) is 17.4 Å². The molecule has 1 amide bonds. The molecule has 8 nitrogen and oxygen atoms in total. The van der Waals surface area contributed by atoms with Gasteiger partial charge in [-0.05, 0) is 25.1 Å². The SMILES string of the molecule is COCc1c(C(=O)OC(C)C(=O)Nc2cc([N+](=O)[O-])ccc2Cl)sc2cccc(F)c12. The molecule has 0 aliphatic carbocycles. The number of carbonyl (C=O) groups excluding carboxylic acids is 2. The van der Waals surface area contributed by atoms with Gasteiger partial charge in [-0.25, -0.2) is 9.18 Å². The van der Waals surface area contributed by atoms with Crippen LogP contribution >= 0.6 is 22.9 Å². The number of nitrogens with zero attached hydrogens (tertiary/aromatic N) is 1. The molecule has 3 rings (SSSR count). The Labute approximate surface area is 184 Å². The summed E-state index contributed by atoms with van der Waals surface area (Å²) in [4.78, 5) is 35.6. The van der Waals surface area contributed by atoms with Gasteiger partial charge in [0, 0.05) is 34.9 Å². The van der Waals surface area contributed by atoms with E-state index < -0.39 is 28.7 Å². The molecule has 2 aromatic carbocycles. The van der Waals surface area contributed by atoms with Gasteiger partial charge < -0.3 is 14.8 Å². The first kappa shape index (κ1) is 22.6. The number of amides is 1. The van der Waals surface area contributed by atoms with E-state index in [-0.39, 0.29) is 33.3 Å². The van der Waals surface area contributed by atoms with Crippen LogP contribution in [-0.2, 0) is 20.9 Å². The number of non-ortho nitro benzene ring substituents is 1. The fraction of sp³-hybridized carbons (Fsp3) is 0.200. The highest BCUT2D eigenvalue weighted by Gasteiger charge is 2.26. The summed E-state index contributed by atoms with van der Waals surface area (Å²) < 4.78 is 25.2. The maximum atomic E-state index is 14.3. The van der Waals surface area contributed by atoms with Gasteiger partial charge in [0.2, 0.25) is 0 Å². The highest BCUT2D eigenvalue weighted by molar-refractivity contribution is 7.21. The van der Waals surface area contributed by atoms with Gasteiger partial charge in [0.05, 0.1) is 22.2 Å². The molecule has 0 spiro atoms. The number of benzene rings is 2. The van der Waals surface area contributed by atoms with Crippen molar-refractivity contribution < 1.29 is 28.4 Å². The van der Waals surface area contributed by atoms with Crippen LogP contribution in [-0.4, -0.2) is 30.0 Å². The van der Waals surface area contributed by atoms with Crippen molar-refractivity contribution in [1.82, 2.24) is 0 Å². The van der Waals surface area contributed by atoms with Gasteiger partial charge in [-0.15, -0.1) is 11.3 Å². The molecule has 3 aromatic rings. The minimum atomic E-state index is -1.26. The van der Waals surface area contributed by atoms with Crippen LogP contribution in [0.4, 0.5) is 15.8 Å². The van der Waals surface area contributed by atoms with Crippen LogP contribution in [0.25, 0.3) is 10.1 Å². The van der Waals surface area contributed by atoms with E-state index in [2.05, 4.69) is 5.32 Å². The quantitative estimate of drug-likeness (QED) is 0.300. The number of thiophene rings is 1. The summed E-state index contributed by atoms with van der Waals surface area (Å²) in [6, 6.07) is 8.04. The third kappa shape index (κ3) is 4.82. The Morgan fingerprint density at radius 1 is 1.32 bits per heavy atom. The summed E-state index contributed by atoms with van der Waals surface area (Å²) in [7, 11) is 1.41. The fourth-order valence-electron chi connectivity index (χ4n) is 2.84. The summed E-state index contributed by atoms with van der Waals surface area (Å²) in [5.74, 6) is -2.05. The molecule has 31 heavy (non-hydrogen) atoms. The Morgan fingerprint density at radius 2 is 2.06 bits per heavy atom. The molecule has 0 radical (unpaired) electrons. The van der Waals surface area contributed by atoms with E-state index in [1.54, 1.807) is 6.07 Å². The number of esters is 1. The Hall–Kier alpha value is -3.08. The molecule has 162 valence electrons. The third-order valence-electron chi connectivity index (χ3n) is 4.31. The van der Waals surface area contributed by atoms with E-state index >= 15 is 0 Å². The van der Waals surface area contributed by atoms with E-state index in [4.69, 9.17) is 21.1 Å². The molecule has 1 aromatic heterocycles. The van der Waals surface area contributed by atoms with Crippen molar-refractivity contribution in [1.29, 1.82) is 0 Å². The Bertz CT molecular complexity index is 1180. The van der Waals surface area contributed by atoms with Gasteiger partial charge in [-0.3, -0.25) is 14.9 Å². The Kier molecular flexibility index (Phi) is 6.84. The average molecular weight is 467 g/mol. The number of halogens is 2. The Morgan fingerprint density at radius 3 is 2.74 bits per heavy atom. The summed E-state index contributed by atoms with van der Waals surface area (Å²) in [5, 5.41) is 13.7. The highest BCUT2D eigenvalue weighted by Crippen LogP contribution is 2.34. The summed E-state index contributed by atoms with van der Waals surface area (Å²) in [5.41, 5.74) is 0.0774. The van der Waals surface area contributed by atoms with E-state index in [1.807, 2.05) is 0 Å². The first-order valence-corrected chi connectivity index (χ1v) is 10.1. The maximum Gasteiger partial charge on any atom is 0.349 e. The fourth-order valence-corrected chi connectivity index (χ4v) is 4.11. The number of nitrogens with one attached hydrogen (secondary N) is 1. The molecule has 0 aliphatic rings. The lowest BCUT2D eigenvalue weighted by atomic mass is 10.1. The Balaban J connectivity index is 1.80. The molecule has 1 atom stereocenters. The topological polar surface area (TPSA) is 108 Å². The van der Waals surface area contributed by atoms with Gasteiger partial charge in [0.25, 0.3) is 11.6 Å². The summed E-state index contributed by atoms with van der Waals surface area (Å²) >= 11 is 7.00. The zero-order chi connectivity index (χ0) is 22.7.